The number of hydrogen-bond acceptors (Lipinski definition) is 5. The van der Waals surface area contributed by atoms with E-state index in [2.05, 4.69) is 10.6 Å². The number of carbonyl (C=O) groups is 2. The van der Waals surface area contributed by atoms with Crippen LogP contribution in [-0.4, -0.2) is 36.4 Å². The van der Waals surface area contributed by atoms with Crippen molar-refractivity contribution >= 4 is 29.1 Å². The Morgan fingerprint density at radius 3 is 2.48 bits per heavy atom. The molecule has 9 heteroatoms. The van der Waals surface area contributed by atoms with Crippen LogP contribution in [0.2, 0.25) is 5.02 Å². The van der Waals surface area contributed by atoms with Gasteiger partial charge in [0.1, 0.15) is 11.8 Å². The lowest BCUT2D eigenvalue weighted by Gasteiger charge is -2.22. The van der Waals surface area contributed by atoms with Crippen LogP contribution in [0.3, 0.4) is 0 Å². The molecule has 0 aliphatic heterocycles. The molecule has 166 valence electrons. The van der Waals surface area contributed by atoms with E-state index in [9.17, 15) is 19.7 Å². The lowest BCUT2D eigenvalue weighted by atomic mass is 10.0. The third kappa shape index (κ3) is 6.42. The molecule has 0 bridgehead atoms. The lowest BCUT2D eigenvalue weighted by Crippen LogP contribution is -2.50. The van der Waals surface area contributed by atoms with Crippen molar-refractivity contribution in [2.75, 3.05) is 13.7 Å². The number of rotatable bonds is 9. The van der Waals surface area contributed by atoms with E-state index in [-0.39, 0.29) is 28.1 Å². The molecule has 0 unspecified atom stereocenters. The number of nitrogens with zero attached hydrogens (tertiary/aromatic N) is 1. The van der Waals surface area contributed by atoms with Crippen LogP contribution in [0, 0.1) is 23.0 Å². The molecule has 0 fully saturated rings. The van der Waals surface area contributed by atoms with Crippen LogP contribution in [0.1, 0.15) is 35.3 Å². The predicted octanol–water partition coefficient (Wildman–Crippen LogP) is 3.68. The molecule has 2 aromatic rings. The average Bonchev–Trinajstić information content (AvgIpc) is 2.71. The number of benzene rings is 2. The van der Waals surface area contributed by atoms with E-state index < -0.39 is 16.9 Å². The molecule has 0 radical (unpaired) electrons. The summed E-state index contributed by atoms with van der Waals surface area (Å²) in [5, 5.41) is 16.3. The molecule has 2 amide bonds. The third-order valence-electron chi connectivity index (χ3n) is 4.77. The second-order valence-electron chi connectivity index (χ2n) is 7.47. The molecule has 31 heavy (non-hydrogen) atoms. The molecule has 0 aliphatic carbocycles. The van der Waals surface area contributed by atoms with Gasteiger partial charge in [-0.2, -0.15) is 0 Å². The highest BCUT2D eigenvalue weighted by atomic mass is 35.5. The Labute approximate surface area is 186 Å². The van der Waals surface area contributed by atoms with Gasteiger partial charge in [0.05, 0.1) is 22.6 Å². The standard InChI is InChI=1S/C22H26ClN3O5/c1-13(2)20(25-21(27)17-7-6-16(26(29)30)12-18(17)23)22(28)24-10-9-15-11-14(3)5-8-19(15)31-4/h5-8,11-13,20H,9-10H2,1-4H3,(H,24,28)(H,25,27)/t20-/m0/s1. The summed E-state index contributed by atoms with van der Waals surface area (Å²) in [6.45, 7) is 5.97. The Balaban J connectivity index is 2.03. The van der Waals surface area contributed by atoms with Gasteiger partial charge < -0.3 is 15.4 Å². The summed E-state index contributed by atoms with van der Waals surface area (Å²) in [6, 6.07) is 8.62. The Morgan fingerprint density at radius 2 is 1.90 bits per heavy atom. The van der Waals surface area contributed by atoms with E-state index in [1.807, 2.05) is 39.0 Å². The van der Waals surface area contributed by atoms with Gasteiger partial charge in [-0.05, 0) is 37.0 Å². The molecule has 8 nitrogen and oxygen atoms in total. The maximum absolute atomic E-state index is 12.7. The molecule has 0 spiro atoms. The van der Waals surface area contributed by atoms with E-state index in [4.69, 9.17) is 16.3 Å². The summed E-state index contributed by atoms with van der Waals surface area (Å²) in [5.74, 6) is -0.335. The number of amides is 2. The number of halogens is 1. The van der Waals surface area contributed by atoms with Crippen LogP contribution in [-0.2, 0) is 11.2 Å². The molecule has 0 heterocycles. The molecular weight excluding hydrogens is 422 g/mol. The first kappa shape index (κ1) is 24.1. The molecule has 0 aliphatic rings. The van der Waals surface area contributed by atoms with Crippen LogP contribution in [0.4, 0.5) is 5.69 Å². The quantitative estimate of drug-likeness (QED) is 0.450. The number of ether oxygens (including phenoxy) is 1. The van der Waals surface area contributed by atoms with E-state index >= 15 is 0 Å². The summed E-state index contributed by atoms with van der Waals surface area (Å²) >= 11 is 6.03. The summed E-state index contributed by atoms with van der Waals surface area (Å²) < 4.78 is 5.36. The van der Waals surface area contributed by atoms with Gasteiger partial charge in [-0.15, -0.1) is 0 Å². The number of non-ortho nitro benzene ring substituents is 1. The number of methoxy groups -OCH3 is 1. The minimum Gasteiger partial charge on any atom is -0.496 e. The highest BCUT2D eigenvalue weighted by Gasteiger charge is 2.26. The van der Waals surface area contributed by atoms with Gasteiger partial charge in [0.15, 0.2) is 0 Å². The van der Waals surface area contributed by atoms with Crippen molar-refractivity contribution < 1.29 is 19.2 Å². The molecule has 2 aromatic carbocycles. The monoisotopic (exact) mass is 447 g/mol. The van der Waals surface area contributed by atoms with Crippen molar-refractivity contribution in [3.8, 4) is 5.75 Å². The first-order valence-electron chi connectivity index (χ1n) is 9.80. The number of nitrogens with one attached hydrogen (secondary N) is 2. The first-order valence-corrected chi connectivity index (χ1v) is 10.2. The zero-order valence-corrected chi connectivity index (χ0v) is 18.7. The summed E-state index contributed by atoms with van der Waals surface area (Å²) in [6.07, 6.45) is 0.573. The maximum Gasteiger partial charge on any atom is 0.270 e. The van der Waals surface area contributed by atoms with Crippen LogP contribution < -0.4 is 15.4 Å². The van der Waals surface area contributed by atoms with Gasteiger partial charge >= 0.3 is 0 Å². The zero-order chi connectivity index (χ0) is 23.1. The van der Waals surface area contributed by atoms with Gasteiger partial charge in [0, 0.05) is 18.7 Å². The van der Waals surface area contributed by atoms with Gasteiger partial charge in [-0.25, -0.2) is 0 Å². The summed E-state index contributed by atoms with van der Waals surface area (Å²) in [7, 11) is 1.60. The molecule has 0 aromatic heterocycles. The molecule has 2 rings (SSSR count). The molecular formula is C22H26ClN3O5. The Kier molecular flexibility index (Phi) is 8.38. The number of carbonyl (C=O) groups excluding carboxylic acids is 2. The fraction of sp³-hybridized carbons (Fsp3) is 0.364. The van der Waals surface area contributed by atoms with Crippen molar-refractivity contribution in [2.45, 2.75) is 33.2 Å². The fourth-order valence-corrected chi connectivity index (χ4v) is 3.35. The summed E-state index contributed by atoms with van der Waals surface area (Å²) in [5.41, 5.74) is 1.92. The molecule has 1 atom stereocenters. The minimum atomic E-state index is -0.793. The van der Waals surface area contributed by atoms with Crippen LogP contribution >= 0.6 is 11.6 Å². The largest absolute Gasteiger partial charge is 0.496 e. The van der Waals surface area contributed by atoms with E-state index in [1.54, 1.807) is 7.11 Å². The number of nitro benzene ring substituents is 1. The Morgan fingerprint density at radius 1 is 1.19 bits per heavy atom. The summed E-state index contributed by atoms with van der Waals surface area (Å²) in [4.78, 5) is 35.6. The van der Waals surface area contributed by atoms with Crippen LogP contribution in [0.25, 0.3) is 0 Å². The van der Waals surface area contributed by atoms with Crippen LogP contribution in [0.5, 0.6) is 5.75 Å². The van der Waals surface area contributed by atoms with E-state index in [1.165, 1.54) is 12.1 Å². The van der Waals surface area contributed by atoms with Crippen molar-refractivity contribution in [1.29, 1.82) is 0 Å². The fourth-order valence-electron chi connectivity index (χ4n) is 3.09. The highest BCUT2D eigenvalue weighted by molar-refractivity contribution is 6.34. The van der Waals surface area contributed by atoms with Gasteiger partial charge in [0.2, 0.25) is 5.91 Å². The topological polar surface area (TPSA) is 111 Å². The smallest absolute Gasteiger partial charge is 0.270 e. The van der Waals surface area contributed by atoms with Crippen LogP contribution in [0.15, 0.2) is 36.4 Å². The number of aryl methyl sites for hydroxylation is 1. The van der Waals surface area contributed by atoms with E-state index in [0.29, 0.717) is 13.0 Å². The number of hydrogen-bond donors (Lipinski definition) is 2. The second kappa shape index (κ2) is 10.8. The predicted molar refractivity (Wildman–Crippen MR) is 119 cm³/mol. The maximum atomic E-state index is 12.7. The zero-order valence-electron chi connectivity index (χ0n) is 17.9. The Hall–Kier alpha value is -3.13. The van der Waals surface area contributed by atoms with Crippen molar-refractivity contribution in [3.63, 3.8) is 0 Å². The normalized spacial score (nSPS) is 11.7. The lowest BCUT2D eigenvalue weighted by molar-refractivity contribution is -0.384. The van der Waals surface area contributed by atoms with Gasteiger partial charge in [-0.3, -0.25) is 19.7 Å². The highest BCUT2D eigenvalue weighted by Crippen LogP contribution is 2.23. The van der Waals surface area contributed by atoms with Crippen molar-refractivity contribution in [1.82, 2.24) is 10.6 Å². The van der Waals surface area contributed by atoms with Gasteiger partial charge in [0.25, 0.3) is 11.6 Å². The van der Waals surface area contributed by atoms with Crippen molar-refractivity contribution in [2.24, 2.45) is 5.92 Å². The molecule has 0 saturated heterocycles. The first-order chi connectivity index (χ1) is 14.6. The van der Waals surface area contributed by atoms with Gasteiger partial charge in [-0.1, -0.05) is 43.1 Å². The third-order valence-corrected chi connectivity index (χ3v) is 5.09. The average molecular weight is 448 g/mol. The number of nitro groups is 1. The minimum absolute atomic E-state index is 0.0545. The molecule has 0 saturated carbocycles. The van der Waals surface area contributed by atoms with Crippen molar-refractivity contribution in [3.05, 3.63) is 68.2 Å². The van der Waals surface area contributed by atoms with E-state index in [0.717, 1.165) is 22.9 Å². The molecule has 2 N–H and O–H groups in total. The Bertz CT molecular complexity index is 978. The SMILES string of the molecule is COc1ccc(C)cc1CCNC(=O)[C@@H](NC(=O)c1ccc([N+](=O)[O-])cc1Cl)C(C)C. The second-order valence-corrected chi connectivity index (χ2v) is 7.88.